The van der Waals surface area contributed by atoms with Crippen LogP contribution in [0.5, 0.6) is 0 Å². The van der Waals surface area contributed by atoms with Gasteiger partial charge in [0.15, 0.2) is 11.0 Å². The molecular formula is C24H20Cl2N4OS. The summed E-state index contributed by atoms with van der Waals surface area (Å²) in [6.07, 6.45) is 0. The SMILES string of the molecule is Cc1ccc(C)c(NC(=O)CSc2nnc(-c3ccc(Cl)cc3)n2-c2ccc(Cl)cc2)c1. The second-order valence-electron chi connectivity index (χ2n) is 7.28. The molecule has 1 amide bonds. The molecule has 0 atom stereocenters. The zero-order chi connectivity index (χ0) is 22.7. The summed E-state index contributed by atoms with van der Waals surface area (Å²) in [6, 6.07) is 20.8. The van der Waals surface area contributed by atoms with Crippen LogP contribution in [0.25, 0.3) is 17.1 Å². The Hall–Kier alpha value is -2.80. The van der Waals surface area contributed by atoms with Crippen LogP contribution in [0.15, 0.2) is 71.9 Å². The van der Waals surface area contributed by atoms with Crippen LogP contribution in [0.3, 0.4) is 0 Å². The van der Waals surface area contributed by atoms with Crippen molar-refractivity contribution in [1.82, 2.24) is 14.8 Å². The molecule has 8 heteroatoms. The molecule has 0 fully saturated rings. The molecular weight excluding hydrogens is 463 g/mol. The summed E-state index contributed by atoms with van der Waals surface area (Å²) in [6.45, 7) is 3.97. The zero-order valence-electron chi connectivity index (χ0n) is 17.5. The molecule has 32 heavy (non-hydrogen) atoms. The Morgan fingerprint density at radius 1 is 0.938 bits per heavy atom. The van der Waals surface area contributed by atoms with Gasteiger partial charge in [-0.25, -0.2) is 0 Å². The molecule has 0 aliphatic carbocycles. The highest BCUT2D eigenvalue weighted by Gasteiger charge is 2.18. The standard InChI is InChI=1S/C24H20Cl2N4OS/c1-15-3-4-16(2)21(13-15)27-22(31)14-32-24-29-28-23(17-5-7-18(25)8-6-17)30(24)20-11-9-19(26)10-12-20/h3-13H,14H2,1-2H3,(H,27,31). The highest BCUT2D eigenvalue weighted by Crippen LogP contribution is 2.29. The number of carbonyl (C=O) groups excluding carboxylic acids is 1. The molecule has 1 heterocycles. The van der Waals surface area contributed by atoms with Crippen molar-refractivity contribution in [3.05, 3.63) is 87.9 Å². The summed E-state index contributed by atoms with van der Waals surface area (Å²) < 4.78 is 1.91. The average Bonchev–Trinajstić information content (AvgIpc) is 3.20. The van der Waals surface area contributed by atoms with Gasteiger partial charge in [-0.2, -0.15) is 0 Å². The van der Waals surface area contributed by atoms with Gasteiger partial charge < -0.3 is 5.32 Å². The maximum Gasteiger partial charge on any atom is 0.234 e. The number of benzene rings is 3. The largest absolute Gasteiger partial charge is 0.325 e. The van der Waals surface area contributed by atoms with E-state index in [9.17, 15) is 4.79 Å². The number of nitrogens with one attached hydrogen (secondary N) is 1. The number of thioether (sulfide) groups is 1. The lowest BCUT2D eigenvalue weighted by Crippen LogP contribution is -2.15. The molecule has 5 nitrogen and oxygen atoms in total. The Morgan fingerprint density at radius 2 is 1.59 bits per heavy atom. The topological polar surface area (TPSA) is 59.8 Å². The predicted octanol–water partition coefficient (Wildman–Crippen LogP) is 6.59. The van der Waals surface area contributed by atoms with Crippen LogP contribution >= 0.6 is 35.0 Å². The van der Waals surface area contributed by atoms with E-state index in [1.165, 1.54) is 11.8 Å². The zero-order valence-corrected chi connectivity index (χ0v) is 19.8. The van der Waals surface area contributed by atoms with Crippen molar-refractivity contribution in [2.45, 2.75) is 19.0 Å². The van der Waals surface area contributed by atoms with E-state index in [4.69, 9.17) is 23.2 Å². The number of halogens is 2. The molecule has 1 aromatic heterocycles. The minimum atomic E-state index is -0.109. The van der Waals surface area contributed by atoms with Crippen LogP contribution in [0.4, 0.5) is 5.69 Å². The lowest BCUT2D eigenvalue weighted by Gasteiger charge is -2.11. The van der Waals surface area contributed by atoms with Crippen molar-refractivity contribution in [2.75, 3.05) is 11.1 Å². The van der Waals surface area contributed by atoms with Crippen LogP contribution in [0, 0.1) is 13.8 Å². The van der Waals surface area contributed by atoms with Gasteiger partial charge in [0, 0.05) is 27.0 Å². The molecule has 0 radical (unpaired) electrons. The predicted molar refractivity (Wildman–Crippen MR) is 132 cm³/mol. The first kappa shape index (κ1) is 22.4. The van der Waals surface area contributed by atoms with Crippen molar-refractivity contribution in [3.63, 3.8) is 0 Å². The quantitative estimate of drug-likeness (QED) is 0.315. The van der Waals surface area contributed by atoms with Gasteiger partial charge in [-0.15, -0.1) is 10.2 Å². The Labute approximate surface area is 200 Å². The molecule has 162 valence electrons. The molecule has 0 unspecified atom stereocenters. The first-order chi connectivity index (χ1) is 15.4. The number of anilines is 1. The summed E-state index contributed by atoms with van der Waals surface area (Å²) in [4.78, 5) is 12.6. The summed E-state index contributed by atoms with van der Waals surface area (Å²) >= 11 is 13.4. The summed E-state index contributed by atoms with van der Waals surface area (Å²) in [5.41, 5.74) is 4.64. The fourth-order valence-electron chi connectivity index (χ4n) is 3.16. The molecule has 0 aliphatic heterocycles. The lowest BCUT2D eigenvalue weighted by atomic mass is 10.1. The van der Waals surface area contributed by atoms with Crippen molar-refractivity contribution in [3.8, 4) is 17.1 Å². The Kier molecular flexibility index (Phi) is 6.84. The number of amides is 1. The third-order valence-corrected chi connectivity index (χ3v) is 6.25. The minimum absolute atomic E-state index is 0.109. The van der Waals surface area contributed by atoms with Crippen molar-refractivity contribution < 1.29 is 4.79 Å². The van der Waals surface area contributed by atoms with Gasteiger partial charge >= 0.3 is 0 Å². The average molecular weight is 483 g/mol. The number of rotatable bonds is 6. The van der Waals surface area contributed by atoms with Gasteiger partial charge in [0.05, 0.1) is 5.75 Å². The molecule has 0 aliphatic rings. The molecule has 0 saturated heterocycles. The van der Waals surface area contributed by atoms with Gasteiger partial charge in [0.1, 0.15) is 0 Å². The highest BCUT2D eigenvalue weighted by molar-refractivity contribution is 7.99. The number of aryl methyl sites for hydroxylation is 2. The third kappa shape index (κ3) is 5.15. The Balaban J connectivity index is 1.60. The van der Waals surface area contributed by atoms with Crippen molar-refractivity contribution >= 4 is 46.6 Å². The Bertz CT molecular complexity index is 1250. The van der Waals surface area contributed by atoms with E-state index in [1.807, 2.05) is 85.1 Å². The fraction of sp³-hybridized carbons (Fsp3) is 0.125. The van der Waals surface area contributed by atoms with E-state index in [-0.39, 0.29) is 11.7 Å². The monoisotopic (exact) mass is 482 g/mol. The molecule has 0 bridgehead atoms. The van der Waals surface area contributed by atoms with E-state index in [0.29, 0.717) is 21.0 Å². The first-order valence-corrected chi connectivity index (χ1v) is 11.6. The van der Waals surface area contributed by atoms with Gasteiger partial charge in [0.2, 0.25) is 5.91 Å². The Morgan fingerprint density at radius 3 is 2.28 bits per heavy atom. The molecule has 4 rings (SSSR count). The third-order valence-electron chi connectivity index (χ3n) is 4.82. The summed E-state index contributed by atoms with van der Waals surface area (Å²) in [5, 5.41) is 13.6. The van der Waals surface area contributed by atoms with Crippen LogP contribution in [0.2, 0.25) is 10.0 Å². The van der Waals surface area contributed by atoms with Crippen LogP contribution < -0.4 is 5.32 Å². The smallest absolute Gasteiger partial charge is 0.234 e. The summed E-state index contributed by atoms with van der Waals surface area (Å²) in [5.74, 6) is 0.739. The van der Waals surface area contributed by atoms with E-state index < -0.39 is 0 Å². The second-order valence-corrected chi connectivity index (χ2v) is 9.10. The van der Waals surface area contributed by atoms with Crippen LogP contribution in [-0.4, -0.2) is 26.4 Å². The number of carbonyl (C=O) groups is 1. The van der Waals surface area contributed by atoms with E-state index in [1.54, 1.807) is 0 Å². The molecule has 4 aromatic rings. The van der Waals surface area contributed by atoms with Gasteiger partial charge in [-0.3, -0.25) is 9.36 Å². The van der Waals surface area contributed by atoms with Crippen molar-refractivity contribution in [1.29, 1.82) is 0 Å². The number of hydrogen-bond acceptors (Lipinski definition) is 4. The van der Waals surface area contributed by atoms with Crippen molar-refractivity contribution in [2.24, 2.45) is 0 Å². The van der Waals surface area contributed by atoms with Crippen LogP contribution in [-0.2, 0) is 4.79 Å². The molecule has 0 saturated carbocycles. The van der Waals surface area contributed by atoms with Gasteiger partial charge in [-0.1, -0.05) is 47.1 Å². The molecule has 3 aromatic carbocycles. The van der Waals surface area contributed by atoms with Gasteiger partial charge in [-0.05, 0) is 79.6 Å². The normalized spacial score (nSPS) is 10.9. The van der Waals surface area contributed by atoms with E-state index in [0.717, 1.165) is 28.1 Å². The fourth-order valence-corrected chi connectivity index (χ4v) is 4.16. The van der Waals surface area contributed by atoms with E-state index >= 15 is 0 Å². The lowest BCUT2D eigenvalue weighted by molar-refractivity contribution is -0.113. The minimum Gasteiger partial charge on any atom is -0.325 e. The number of hydrogen-bond donors (Lipinski definition) is 1. The summed E-state index contributed by atoms with van der Waals surface area (Å²) in [7, 11) is 0. The van der Waals surface area contributed by atoms with Crippen LogP contribution in [0.1, 0.15) is 11.1 Å². The number of aromatic nitrogens is 3. The molecule has 0 spiro atoms. The van der Waals surface area contributed by atoms with Gasteiger partial charge in [0.25, 0.3) is 0 Å². The number of nitrogens with zero attached hydrogens (tertiary/aromatic N) is 3. The molecule has 1 N–H and O–H groups in total. The highest BCUT2D eigenvalue weighted by atomic mass is 35.5. The second kappa shape index (κ2) is 9.77. The maximum atomic E-state index is 12.6. The maximum absolute atomic E-state index is 12.6. The van der Waals surface area contributed by atoms with E-state index in [2.05, 4.69) is 15.5 Å². The first-order valence-electron chi connectivity index (χ1n) is 9.88.